The maximum atomic E-state index is 13.3. The van der Waals surface area contributed by atoms with Crippen LogP contribution in [0.1, 0.15) is 11.1 Å². The van der Waals surface area contributed by atoms with Gasteiger partial charge in [-0.25, -0.2) is 5.01 Å². The van der Waals surface area contributed by atoms with Crippen LogP contribution in [-0.4, -0.2) is 17.6 Å². The van der Waals surface area contributed by atoms with Gasteiger partial charge in [0.05, 0.1) is 16.8 Å². The lowest BCUT2D eigenvalue weighted by molar-refractivity contribution is -0.142. The molecule has 0 bridgehead atoms. The summed E-state index contributed by atoms with van der Waals surface area (Å²) < 4.78 is 78.4. The zero-order chi connectivity index (χ0) is 20.9. The maximum Gasteiger partial charge on any atom is 0.418 e. The number of alkyl halides is 6. The molecule has 0 atom stereocenters. The van der Waals surface area contributed by atoms with E-state index in [9.17, 15) is 36.2 Å². The SMILES string of the molecule is O=C1CN(c2ccc(C(F)(F)F)cc2C(F)(F)F)NN1c1cc(Cl)ccc1O. The molecule has 1 aliphatic rings. The van der Waals surface area contributed by atoms with Crippen molar-refractivity contribution in [1.29, 1.82) is 0 Å². The van der Waals surface area contributed by atoms with Crippen molar-refractivity contribution >= 4 is 28.9 Å². The van der Waals surface area contributed by atoms with E-state index in [1.165, 1.54) is 18.2 Å². The number of nitrogens with zero attached hydrogens (tertiary/aromatic N) is 2. The van der Waals surface area contributed by atoms with Gasteiger partial charge in [0.1, 0.15) is 18.0 Å². The van der Waals surface area contributed by atoms with Crippen molar-refractivity contribution in [2.45, 2.75) is 12.4 Å². The van der Waals surface area contributed by atoms with Crippen molar-refractivity contribution in [3.05, 3.63) is 52.5 Å². The Labute approximate surface area is 158 Å². The first kappa shape index (κ1) is 20.1. The van der Waals surface area contributed by atoms with Gasteiger partial charge in [0, 0.05) is 5.02 Å². The summed E-state index contributed by atoms with van der Waals surface area (Å²) in [5.74, 6) is -1.14. The molecule has 0 radical (unpaired) electrons. The van der Waals surface area contributed by atoms with E-state index in [2.05, 4.69) is 5.53 Å². The van der Waals surface area contributed by atoms with Gasteiger partial charge in [-0.05, 0) is 36.4 Å². The molecule has 2 aromatic carbocycles. The number of hydrazine groups is 2. The molecule has 0 aromatic heterocycles. The number of rotatable bonds is 2. The van der Waals surface area contributed by atoms with Crippen LogP contribution >= 0.6 is 11.6 Å². The molecule has 1 fully saturated rings. The van der Waals surface area contributed by atoms with Crippen LogP contribution in [0.4, 0.5) is 37.7 Å². The Kier molecular flexibility index (Phi) is 4.84. The zero-order valence-corrected chi connectivity index (χ0v) is 14.3. The molecule has 0 unspecified atom stereocenters. The second kappa shape index (κ2) is 6.74. The van der Waals surface area contributed by atoms with Crippen LogP contribution in [0.5, 0.6) is 5.75 Å². The molecule has 12 heteroatoms. The average molecular weight is 426 g/mol. The van der Waals surface area contributed by atoms with Crippen molar-refractivity contribution in [1.82, 2.24) is 5.53 Å². The quantitative estimate of drug-likeness (QED) is 0.702. The molecule has 1 saturated heterocycles. The first-order chi connectivity index (χ1) is 12.9. The van der Waals surface area contributed by atoms with Crippen molar-refractivity contribution in [2.24, 2.45) is 0 Å². The lowest BCUT2D eigenvalue weighted by Gasteiger charge is -2.24. The van der Waals surface area contributed by atoms with Gasteiger partial charge in [-0.15, -0.1) is 5.53 Å². The highest BCUT2D eigenvalue weighted by Crippen LogP contribution is 2.41. The Morgan fingerprint density at radius 3 is 2.25 bits per heavy atom. The summed E-state index contributed by atoms with van der Waals surface area (Å²) in [4.78, 5) is 12.2. The van der Waals surface area contributed by atoms with Gasteiger partial charge in [0.25, 0.3) is 5.91 Å². The second-order valence-electron chi connectivity index (χ2n) is 5.78. The Morgan fingerprint density at radius 2 is 1.64 bits per heavy atom. The van der Waals surface area contributed by atoms with Crippen LogP contribution in [0.25, 0.3) is 0 Å². The minimum Gasteiger partial charge on any atom is -0.506 e. The van der Waals surface area contributed by atoms with Gasteiger partial charge in [0.2, 0.25) is 0 Å². The fraction of sp³-hybridized carbons (Fsp3) is 0.188. The van der Waals surface area contributed by atoms with Crippen molar-refractivity contribution < 1.29 is 36.2 Å². The number of amides is 1. The minimum atomic E-state index is -5.10. The number of hydrogen-bond acceptors (Lipinski definition) is 4. The van der Waals surface area contributed by atoms with Gasteiger partial charge in [0.15, 0.2) is 0 Å². The molecule has 0 aliphatic carbocycles. The van der Waals surface area contributed by atoms with Crippen LogP contribution in [0.15, 0.2) is 36.4 Å². The standard InChI is InChI=1S/C16H10ClF6N3O2/c17-9-2-4-13(27)12(6-9)26-14(28)7-25(24-26)11-3-1-8(15(18,19)20)5-10(11)16(21,22)23/h1-6,24,27H,7H2. The topological polar surface area (TPSA) is 55.8 Å². The average Bonchev–Trinajstić information content (AvgIpc) is 2.96. The summed E-state index contributed by atoms with van der Waals surface area (Å²) in [5.41, 5.74) is -1.52. The Hall–Kier alpha value is -2.66. The monoisotopic (exact) mass is 425 g/mol. The third kappa shape index (κ3) is 3.80. The van der Waals surface area contributed by atoms with E-state index in [0.29, 0.717) is 12.1 Å². The van der Waals surface area contributed by atoms with Gasteiger partial charge in [-0.3, -0.25) is 9.80 Å². The highest BCUT2D eigenvalue weighted by atomic mass is 35.5. The molecule has 1 heterocycles. The number of benzene rings is 2. The summed E-state index contributed by atoms with van der Waals surface area (Å²) in [6.45, 7) is -0.625. The molecule has 2 aromatic rings. The second-order valence-corrected chi connectivity index (χ2v) is 6.21. The molecular formula is C16H10ClF6N3O2. The van der Waals surface area contributed by atoms with E-state index in [1.807, 2.05) is 0 Å². The van der Waals surface area contributed by atoms with Crippen LogP contribution in [0, 0.1) is 0 Å². The Balaban J connectivity index is 2.01. The maximum absolute atomic E-state index is 13.3. The highest BCUT2D eigenvalue weighted by Gasteiger charge is 2.41. The summed E-state index contributed by atoms with van der Waals surface area (Å²) in [7, 11) is 0. The first-order valence-electron chi connectivity index (χ1n) is 7.51. The smallest absolute Gasteiger partial charge is 0.418 e. The van der Waals surface area contributed by atoms with E-state index in [0.717, 1.165) is 10.0 Å². The van der Waals surface area contributed by atoms with Crippen molar-refractivity contribution in [3.63, 3.8) is 0 Å². The molecule has 0 spiro atoms. The predicted octanol–water partition coefficient (Wildman–Crippen LogP) is 4.36. The number of aromatic hydroxyl groups is 1. The lowest BCUT2D eigenvalue weighted by atomic mass is 10.1. The third-order valence-electron chi connectivity index (χ3n) is 3.86. The number of halogens is 7. The van der Waals surface area contributed by atoms with Crippen LogP contribution in [0.3, 0.4) is 0 Å². The van der Waals surface area contributed by atoms with Gasteiger partial charge in [-0.1, -0.05) is 11.6 Å². The van der Waals surface area contributed by atoms with Gasteiger partial charge in [-0.2, -0.15) is 26.3 Å². The third-order valence-corrected chi connectivity index (χ3v) is 4.10. The van der Waals surface area contributed by atoms with E-state index >= 15 is 0 Å². The highest BCUT2D eigenvalue weighted by molar-refractivity contribution is 6.31. The van der Waals surface area contributed by atoms with E-state index in [4.69, 9.17) is 11.6 Å². The predicted molar refractivity (Wildman–Crippen MR) is 87.5 cm³/mol. The van der Waals surface area contributed by atoms with Gasteiger partial charge >= 0.3 is 12.4 Å². The molecule has 150 valence electrons. The molecule has 0 saturated carbocycles. The molecule has 1 amide bonds. The minimum absolute atomic E-state index is 0.0268. The molecule has 2 N–H and O–H groups in total. The van der Waals surface area contributed by atoms with Crippen LogP contribution in [-0.2, 0) is 17.1 Å². The molecule has 1 aliphatic heterocycles. The molecule has 28 heavy (non-hydrogen) atoms. The number of hydrogen-bond donors (Lipinski definition) is 2. The van der Waals surface area contributed by atoms with E-state index < -0.39 is 41.6 Å². The Bertz CT molecular complexity index is 932. The first-order valence-corrected chi connectivity index (χ1v) is 7.89. The van der Waals surface area contributed by atoms with Crippen molar-refractivity contribution in [3.8, 4) is 5.75 Å². The molecular weight excluding hydrogens is 416 g/mol. The van der Waals surface area contributed by atoms with E-state index in [1.54, 1.807) is 0 Å². The normalized spacial score (nSPS) is 15.5. The van der Waals surface area contributed by atoms with Crippen LogP contribution in [0.2, 0.25) is 5.02 Å². The number of carbonyl (C=O) groups is 1. The lowest BCUT2D eigenvalue weighted by Crippen LogP contribution is -2.41. The summed E-state index contributed by atoms with van der Waals surface area (Å²) >= 11 is 5.80. The fourth-order valence-corrected chi connectivity index (χ4v) is 2.76. The largest absolute Gasteiger partial charge is 0.506 e. The molecule has 3 rings (SSSR count). The summed E-state index contributed by atoms with van der Waals surface area (Å²) in [6.07, 6.45) is -10.1. The number of carbonyl (C=O) groups excluding carboxylic acids is 1. The number of phenols is 1. The Morgan fingerprint density at radius 1 is 0.964 bits per heavy atom. The summed E-state index contributed by atoms with van der Waals surface area (Å²) in [5, 5.41) is 11.5. The fourth-order valence-electron chi connectivity index (χ4n) is 2.60. The number of anilines is 2. The molecule has 5 nitrogen and oxygen atoms in total. The summed E-state index contributed by atoms with van der Waals surface area (Å²) in [6, 6.07) is 4.78. The zero-order valence-electron chi connectivity index (χ0n) is 13.6. The number of phenolic OH excluding ortho intramolecular Hbond substituents is 1. The van der Waals surface area contributed by atoms with Crippen molar-refractivity contribution in [2.75, 3.05) is 16.6 Å². The van der Waals surface area contributed by atoms with Gasteiger partial charge < -0.3 is 5.11 Å². The van der Waals surface area contributed by atoms with Crippen LogP contribution < -0.4 is 15.6 Å². The van der Waals surface area contributed by atoms with E-state index in [-0.39, 0.29) is 22.5 Å². The number of nitrogens with one attached hydrogen (secondary N) is 1.